The molecule has 0 aliphatic rings. The second-order valence-electron chi connectivity index (χ2n) is 3.84. The van der Waals surface area contributed by atoms with Crippen molar-refractivity contribution in [2.75, 3.05) is 11.5 Å². The van der Waals surface area contributed by atoms with Crippen LogP contribution in [-0.4, -0.2) is 16.5 Å². The van der Waals surface area contributed by atoms with Crippen molar-refractivity contribution in [3.8, 4) is 0 Å². The van der Waals surface area contributed by atoms with E-state index in [2.05, 4.69) is 11.6 Å². The van der Waals surface area contributed by atoms with Gasteiger partial charge in [0.15, 0.2) is 0 Å². The molecule has 4 heteroatoms. The van der Waals surface area contributed by atoms with Gasteiger partial charge in [0.2, 0.25) is 0 Å². The number of rotatable bonds is 5. The highest BCUT2D eigenvalue weighted by molar-refractivity contribution is 8.04. The van der Waals surface area contributed by atoms with Crippen LogP contribution in [0.2, 0.25) is 0 Å². The Balaban J connectivity index is 2.32. The first kappa shape index (κ1) is 13.3. The molecule has 2 aromatic rings. The summed E-state index contributed by atoms with van der Waals surface area (Å²) in [7, 11) is 0. The van der Waals surface area contributed by atoms with E-state index in [0.717, 1.165) is 32.9 Å². The highest BCUT2D eigenvalue weighted by Gasteiger charge is 2.08. The topological polar surface area (TPSA) is 32.9 Å². The Hall–Kier alpha value is -1.13. The fourth-order valence-electron chi connectivity index (χ4n) is 1.84. The van der Waals surface area contributed by atoms with E-state index in [4.69, 9.17) is 0 Å². The third-order valence-electron chi connectivity index (χ3n) is 2.69. The highest BCUT2D eigenvalue weighted by Crippen LogP contribution is 2.24. The Kier molecular flexibility index (Phi) is 4.55. The van der Waals surface area contributed by atoms with Crippen LogP contribution < -0.4 is 5.56 Å². The van der Waals surface area contributed by atoms with Crippen LogP contribution in [-0.2, 0) is 0 Å². The van der Waals surface area contributed by atoms with E-state index in [0.29, 0.717) is 0 Å². The SMILES string of the molecule is C=CSCCSc1c(C)c2ccccc2[nH]c1=O. The van der Waals surface area contributed by atoms with Gasteiger partial charge >= 0.3 is 0 Å². The Bertz CT molecular complexity index is 619. The molecule has 0 amide bonds. The van der Waals surface area contributed by atoms with E-state index >= 15 is 0 Å². The number of para-hydroxylation sites is 1. The first-order chi connectivity index (χ1) is 8.74. The van der Waals surface area contributed by atoms with E-state index in [1.54, 1.807) is 23.5 Å². The van der Waals surface area contributed by atoms with Crippen molar-refractivity contribution in [1.82, 2.24) is 4.98 Å². The first-order valence-electron chi connectivity index (χ1n) is 5.71. The third kappa shape index (κ3) is 2.82. The predicted molar refractivity (Wildman–Crippen MR) is 82.7 cm³/mol. The molecule has 1 aromatic heterocycles. The number of hydrogen-bond donors (Lipinski definition) is 1. The maximum atomic E-state index is 12.0. The minimum Gasteiger partial charge on any atom is -0.321 e. The summed E-state index contributed by atoms with van der Waals surface area (Å²) < 4.78 is 0. The fraction of sp³-hybridized carbons (Fsp3) is 0.214. The minimum absolute atomic E-state index is 0.0137. The van der Waals surface area contributed by atoms with E-state index in [-0.39, 0.29) is 5.56 Å². The molecule has 18 heavy (non-hydrogen) atoms. The maximum absolute atomic E-state index is 12.0. The average molecular weight is 277 g/mol. The molecule has 1 heterocycles. The number of aromatic nitrogens is 1. The van der Waals surface area contributed by atoms with Crippen LogP contribution in [0.3, 0.4) is 0 Å². The minimum atomic E-state index is 0.0137. The lowest BCUT2D eigenvalue weighted by molar-refractivity contribution is 1.15. The molecule has 0 radical (unpaired) electrons. The van der Waals surface area contributed by atoms with Crippen LogP contribution in [0.25, 0.3) is 10.9 Å². The summed E-state index contributed by atoms with van der Waals surface area (Å²) in [4.78, 5) is 15.8. The number of benzene rings is 1. The lowest BCUT2D eigenvalue weighted by atomic mass is 10.1. The van der Waals surface area contributed by atoms with Crippen LogP contribution in [0.1, 0.15) is 5.56 Å². The highest BCUT2D eigenvalue weighted by atomic mass is 32.2. The fourth-order valence-corrected chi connectivity index (χ4v) is 3.44. The maximum Gasteiger partial charge on any atom is 0.262 e. The molecule has 0 saturated heterocycles. The zero-order valence-corrected chi connectivity index (χ0v) is 11.9. The zero-order chi connectivity index (χ0) is 13.0. The second-order valence-corrected chi connectivity index (χ2v) is 6.02. The molecule has 0 aliphatic carbocycles. The average Bonchev–Trinajstić information content (AvgIpc) is 2.38. The molecule has 1 N–H and O–H groups in total. The molecule has 0 atom stereocenters. The van der Waals surface area contributed by atoms with Gasteiger partial charge in [-0.15, -0.1) is 23.5 Å². The molecule has 0 spiro atoms. The number of thioether (sulfide) groups is 2. The number of H-pyrrole nitrogens is 1. The van der Waals surface area contributed by atoms with Gasteiger partial charge in [0.1, 0.15) is 0 Å². The number of aryl methyl sites for hydroxylation is 1. The normalized spacial score (nSPS) is 10.7. The lowest BCUT2D eigenvalue weighted by Gasteiger charge is -2.07. The van der Waals surface area contributed by atoms with Gasteiger partial charge in [-0.05, 0) is 24.0 Å². The summed E-state index contributed by atoms with van der Waals surface area (Å²) in [5.41, 5.74) is 1.99. The van der Waals surface area contributed by atoms with Gasteiger partial charge in [-0.2, -0.15) is 0 Å². The standard InChI is InChI=1S/C14H15NOS2/c1-3-17-8-9-18-13-10(2)11-6-4-5-7-12(11)15-14(13)16/h3-7H,1,8-9H2,2H3,(H,15,16). The van der Waals surface area contributed by atoms with Crippen molar-refractivity contribution in [3.63, 3.8) is 0 Å². The summed E-state index contributed by atoms with van der Waals surface area (Å²) in [6.45, 7) is 5.68. The van der Waals surface area contributed by atoms with Crippen molar-refractivity contribution in [2.24, 2.45) is 0 Å². The van der Waals surface area contributed by atoms with Crippen molar-refractivity contribution < 1.29 is 0 Å². The first-order valence-corrected chi connectivity index (χ1v) is 7.74. The molecule has 2 rings (SSSR count). The summed E-state index contributed by atoms with van der Waals surface area (Å²) in [5.74, 6) is 1.89. The summed E-state index contributed by atoms with van der Waals surface area (Å²) in [5, 5.41) is 2.95. The Morgan fingerprint density at radius 2 is 2.11 bits per heavy atom. The Labute approximate surface area is 115 Å². The van der Waals surface area contributed by atoms with E-state index in [9.17, 15) is 4.79 Å². The summed E-state index contributed by atoms with van der Waals surface area (Å²) >= 11 is 3.29. The van der Waals surface area contributed by atoms with Crippen LogP contribution in [0.15, 0.2) is 45.9 Å². The molecule has 2 nitrogen and oxygen atoms in total. The molecule has 94 valence electrons. The number of pyridine rings is 1. The van der Waals surface area contributed by atoms with Crippen LogP contribution >= 0.6 is 23.5 Å². The van der Waals surface area contributed by atoms with Gasteiger partial charge in [0, 0.05) is 22.4 Å². The van der Waals surface area contributed by atoms with E-state index < -0.39 is 0 Å². The molecule has 0 bridgehead atoms. The van der Waals surface area contributed by atoms with Crippen molar-refractivity contribution in [1.29, 1.82) is 0 Å². The van der Waals surface area contributed by atoms with Gasteiger partial charge < -0.3 is 4.98 Å². The molecule has 0 saturated carbocycles. The monoisotopic (exact) mass is 277 g/mol. The molecular weight excluding hydrogens is 262 g/mol. The van der Waals surface area contributed by atoms with Gasteiger partial charge in [0.25, 0.3) is 5.56 Å². The molecule has 0 aliphatic heterocycles. The van der Waals surface area contributed by atoms with E-state index in [1.165, 1.54) is 0 Å². The number of hydrogen-bond acceptors (Lipinski definition) is 3. The summed E-state index contributed by atoms with van der Waals surface area (Å²) in [6, 6.07) is 7.91. The van der Waals surface area contributed by atoms with Crippen LogP contribution in [0.5, 0.6) is 0 Å². The third-order valence-corrected chi connectivity index (χ3v) is 4.81. The van der Waals surface area contributed by atoms with Crippen molar-refractivity contribution in [2.45, 2.75) is 11.8 Å². The zero-order valence-electron chi connectivity index (χ0n) is 10.2. The van der Waals surface area contributed by atoms with Crippen molar-refractivity contribution in [3.05, 3.63) is 52.2 Å². The van der Waals surface area contributed by atoms with Gasteiger partial charge in [-0.25, -0.2) is 0 Å². The second kappa shape index (κ2) is 6.16. The smallest absolute Gasteiger partial charge is 0.262 e. The van der Waals surface area contributed by atoms with Gasteiger partial charge in [0.05, 0.1) is 4.90 Å². The lowest BCUT2D eigenvalue weighted by Crippen LogP contribution is -2.11. The molecular formula is C14H15NOS2. The molecule has 1 aromatic carbocycles. The Morgan fingerprint density at radius 3 is 2.89 bits per heavy atom. The van der Waals surface area contributed by atoms with Gasteiger partial charge in [-0.1, -0.05) is 24.8 Å². The van der Waals surface area contributed by atoms with Crippen LogP contribution in [0, 0.1) is 6.92 Å². The Morgan fingerprint density at radius 1 is 1.33 bits per heavy atom. The molecule has 0 unspecified atom stereocenters. The largest absolute Gasteiger partial charge is 0.321 e. The predicted octanol–water partition coefficient (Wildman–Crippen LogP) is 3.81. The number of fused-ring (bicyclic) bond motifs is 1. The molecule has 0 fully saturated rings. The van der Waals surface area contributed by atoms with Crippen LogP contribution in [0.4, 0.5) is 0 Å². The van der Waals surface area contributed by atoms with Gasteiger partial charge in [-0.3, -0.25) is 4.79 Å². The van der Waals surface area contributed by atoms with Crippen molar-refractivity contribution >= 4 is 34.4 Å². The van der Waals surface area contributed by atoms with E-state index in [1.807, 2.05) is 36.6 Å². The quantitative estimate of drug-likeness (QED) is 0.666. The number of aromatic amines is 1. The number of nitrogens with one attached hydrogen (secondary N) is 1. The summed E-state index contributed by atoms with van der Waals surface area (Å²) in [6.07, 6.45) is 0.